The van der Waals surface area contributed by atoms with E-state index in [1.807, 2.05) is 6.07 Å². The van der Waals surface area contributed by atoms with E-state index in [4.69, 9.17) is 5.11 Å². The van der Waals surface area contributed by atoms with Gasteiger partial charge >= 0.3 is 0 Å². The van der Waals surface area contributed by atoms with E-state index in [0.29, 0.717) is 5.82 Å². The zero-order valence-corrected chi connectivity index (χ0v) is 10.9. The van der Waals surface area contributed by atoms with Gasteiger partial charge in [-0.05, 0) is 35.2 Å². The summed E-state index contributed by atoms with van der Waals surface area (Å²) in [5.74, 6) is 0.607. The number of hydrogen-bond donors (Lipinski definition) is 2. The van der Waals surface area contributed by atoms with Gasteiger partial charge in [0.25, 0.3) is 0 Å². The highest BCUT2D eigenvalue weighted by Gasteiger charge is 2.06. The van der Waals surface area contributed by atoms with Gasteiger partial charge < -0.3 is 10.1 Å². The van der Waals surface area contributed by atoms with Gasteiger partial charge in [-0.1, -0.05) is 37.3 Å². The molecule has 1 heterocycles. The standard InChI is InChI=1S/C16H16N2O/c1-2-11-5-3-4-6-13(11)12-7-8-14-15(9-12)18-16(10-19)17-14/h3-9,19H,2,10H2,1H3,(H,17,18). The van der Waals surface area contributed by atoms with Crippen molar-refractivity contribution in [1.82, 2.24) is 9.97 Å². The van der Waals surface area contributed by atoms with Gasteiger partial charge in [0.05, 0.1) is 11.0 Å². The van der Waals surface area contributed by atoms with Crippen LogP contribution in [0.1, 0.15) is 18.3 Å². The summed E-state index contributed by atoms with van der Waals surface area (Å²) >= 11 is 0. The maximum Gasteiger partial charge on any atom is 0.133 e. The van der Waals surface area contributed by atoms with Gasteiger partial charge in [0.2, 0.25) is 0 Å². The largest absolute Gasteiger partial charge is 0.388 e. The Hall–Kier alpha value is -2.13. The van der Waals surface area contributed by atoms with Gasteiger partial charge in [0.15, 0.2) is 0 Å². The minimum atomic E-state index is -0.0600. The Kier molecular flexibility index (Phi) is 3.05. The highest BCUT2D eigenvalue weighted by Crippen LogP contribution is 2.26. The zero-order chi connectivity index (χ0) is 13.2. The first kappa shape index (κ1) is 11.9. The molecule has 3 heteroatoms. The lowest BCUT2D eigenvalue weighted by molar-refractivity contribution is 0.273. The normalized spacial score (nSPS) is 11.1. The number of aromatic nitrogens is 2. The van der Waals surface area contributed by atoms with Crippen molar-refractivity contribution in [2.24, 2.45) is 0 Å². The molecule has 0 bridgehead atoms. The van der Waals surface area contributed by atoms with E-state index in [0.717, 1.165) is 17.5 Å². The van der Waals surface area contributed by atoms with E-state index >= 15 is 0 Å². The van der Waals surface area contributed by atoms with E-state index in [1.165, 1.54) is 16.7 Å². The van der Waals surface area contributed by atoms with Gasteiger partial charge in [0.1, 0.15) is 12.4 Å². The number of aliphatic hydroxyl groups excluding tert-OH is 1. The molecule has 3 nitrogen and oxygen atoms in total. The molecule has 0 amide bonds. The number of nitrogens with one attached hydrogen (secondary N) is 1. The van der Waals surface area contributed by atoms with Crippen LogP contribution in [0.5, 0.6) is 0 Å². The Balaban J connectivity index is 2.14. The molecule has 0 saturated carbocycles. The number of benzene rings is 2. The highest BCUT2D eigenvalue weighted by atomic mass is 16.3. The molecule has 0 fully saturated rings. The van der Waals surface area contributed by atoms with Gasteiger partial charge in [-0.25, -0.2) is 4.98 Å². The SMILES string of the molecule is CCc1ccccc1-c1ccc2nc(CO)[nH]c2c1. The van der Waals surface area contributed by atoms with E-state index < -0.39 is 0 Å². The lowest BCUT2D eigenvalue weighted by atomic mass is 9.98. The number of aliphatic hydroxyl groups is 1. The summed E-state index contributed by atoms with van der Waals surface area (Å²) in [5.41, 5.74) is 5.63. The van der Waals surface area contributed by atoms with Crippen LogP contribution < -0.4 is 0 Å². The lowest BCUT2D eigenvalue weighted by Crippen LogP contribution is -1.87. The Labute approximate surface area is 111 Å². The van der Waals surface area contributed by atoms with Crippen LogP contribution in [0.2, 0.25) is 0 Å². The molecule has 0 radical (unpaired) electrons. The van der Waals surface area contributed by atoms with Crippen LogP contribution in [0.4, 0.5) is 0 Å². The summed E-state index contributed by atoms with van der Waals surface area (Å²) in [5, 5.41) is 9.11. The molecule has 3 aromatic rings. The number of H-pyrrole nitrogens is 1. The first-order valence-corrected chi connectivity index (χ1v) is 6.49. The fourth-order valence-corrected chi connectivity index (χ4v) is 2.42. The molecule has 0 spiro atoms. The summed E-state index contributed by atoms with van der Waals surface area (Å²) in [4.78, 5) is 7.43. The van der Waals surface area contributed by atoms with Crippen molar-refractivity contribution >= 4 is 11.0 Å². The molecule has 0 aliphatic rings. The second kappa shape index (κ2) is 4.86. The number of nitrogens with zero attached hydrogens (tertiary/aromatic N) is 1. The lowest BCUT2D eigenvalue weighted by Gasteiger charge is -2.07. The third kappa shape index (κ3) is 2.13. The minimum absolute atomic E-state index is 0.0600. The Morgan fingerprint density at radius 1 is 1.16 bits per heavy atom. The fraction of sp³-hybridized carbons (Fsp3) is 0.188. The van der Waals surface area contributed by atoms with Crippen molar-refractivity contribution in [1.29, 1.82) is 0 Å². The van der Waals surface area contributed by atoms with Gasteiger partial charge in [0, 0.05) is 0 Å². The van der Waals surface area contributed by atoms with E-state index in [2.05, 4.69) is 53.3 Å². The Morgan fingerprint density at radius 2 is 2.00 bits per heavy atom. The molecular formula is C16H16N2O. The van der Waals surface area contributed by atoms with Crippen LogP contribution >= 0.6 is 0 Å². The molecule has 2 N–H and O–H groups in total. The number of aryl methyl sites for hydroxylation is 1. The van der Waals surface area contributed by atoms with Gasteiger partial charge in [-0.2, -0.15) is 0 Å². The topological polar surface area (TPSA) is 48.9 Å². The third-order valence-electron chi connectivity index (χ3n) is 3.39. The summed E-state index contributed by atoms with van der Waals surface area (Å²) in [7, 11) is 0. The van der Waals surface area contributed by atoms with Crippen molar-refractivity contribution < 1.29 is 5.11 Å². The first-order chi connectivity index (χ1) is 9.31. The average Bonchev–Trinajstić information content (AvgIpc) is 2.89. The average molecular weight is 252 g/mol. The molecular weight excluding hydrogens is 236 g/mol. The van der Waals surface area contributed by atoms with Crippen molar-refractivity contribution in [2.45, 2.75) is 20.0 Å². The van der Waals surface area contributed by atoms with E-state index in [1.54, 1.807) is 0 Å². The summed E-state index contributed by atoms with van der Waals surface area (Å²) in [6, 6.07) is 14.6. The molecule has 3 rings (SSSR count). The van der Waals surface area contributed by atoms with Crippen LogP contribution in [0.25, 0.3) is 22.2 Å². The summed E-state index contributed by atoms with van der Waals surface area (Å²) in [6.07, 6.45) is 1.01. The van der Waals surface area contributed by atoms with Crippen LogP contribution in [0.15, 0.2) is 42.5 Å². The van der Waals surface area contributed by atoms with Crippen molar-refractivity contribution in [3.63, 3.8) is 0 Å². The van der Waals surface area contributed by atoms with Crippen LogP contribution in [0, 0.1) is 0 Å². The Bertz CT molecular complexity index is 716. The monoisotopic (exact) mass is 252 g/mol. The summed E-state index contributed by atoms with van der Waals surface area (Å²) in [6.45, 7) is 2.10. The fourth-order valence-electron chi connectivity index (χ4n) is 2.42. The predicted molar refractivity (Wildman–Crippen MR) is 76.8 cm³/mol. The first-order valence-electron chi connectivity index (χ1n) is 6.49. The van der Waals surface area contributed by atoms with Crippen LogP contribution in [-0.4, -0.2) is 15.1 Å². The van der Waals surface area contributed by atoms with Crippen molar-refractivity contribution in [3.8, 4) is 11.1 Å². The van der Waals surface area contributed by atoms with E-state index in [9.17, 15) is 0 Å². The predicted octanol–water partition coefficient (Wildman–Crippen LogP) is 3.28. The van der Waals surface area contributed by atoms with Crippen molar-refractivity contribution in [2.75, 3.05) is 0 Å². The Morgan fingerprint density at radius 3 is 2.79 bits per heavy atom. The molecule has 0 atom stereocenters. The number of aromatic amines is 1. The van der Waals surface area contributed by atoms with Gasteiger partial charge in [-0.15, -0.1) is 0 Å². The second-order valence-corrected chi connectivity index (χ2v) is 4.58. The molecule has 1 aromatic heterocycles. The number of fused-ring (bicyclic) bond motifs is 1. The van der Waals surface area contributed by atoms with Gasteiger partial charge in [-0.3, -0.25) is 0 Å². The molecule has 0 saturated heterocycles. The molecule has 96 valence electrons. The molecule has 19 heavy (non-hydrogen) atoms. The zero-order valence-electron chi connectivity index (χ0n) is 10.9. The third-order valence-corrected chi connectivity index (χ3v) is 3.39. The molecule has 2 aromatic carbocycles. The number of hydrogen-bond acceptors (Lipinski definition) is 2. The van der Waals surface area contributed by atoms with Crippen LogP contribution in [0.3, 0.4) is 0 Å². The smallest absolute Gasteiger partial charge is 0.133 e. The van der Waals surface area contributed by atoms with E-state index in [-0.39, 0.29) is 6.61 Å². The summed E-state index contributed by atoms with van der Waals surface area (Å²) < 4.78 is 0. The van der Waals surface area contributed by atoms with Crippen LogP contribution in [-0.2, 0) is 13.0 Å². The molecule has 0 aliphatic heterocycles. The maximum absolute atomic E-state index is 9.11. The quantitative estimate of drug-likeness (QED) is 0.751. The van der Waals surface area contributed by atoms with Crippen molar-refractivity contribution in [3.05, 3.63) is 53.9 Å². The number of imidazole rings is 1. The second-order valence-electron chi connectivity index (χ2n) is 4.58. The molecule has 0 unspecified atom stereocenters. The maximum atomic E-state index is 9.11. The minimum Gasteiger partial charge on any atom is -0.388 e. The molecule has 0 aliphatic carbocycles. The highest BCUT2D eigenvalue weighted by molar-refractivity contribution is 5.82. The number of rotatable bonds is 3.